The maximum Gasteiger partial charge on any atom is 0.116 e. The molecule has 0 aromatic rings. The highest BCUT2D eigenvalue weighted by molar-refractivity contribution is 5.57. The van der Waals surface area contributed by atoms with E-state index in [1.165, 1.54) is 25.7 Å². The molecular formula is C12H25N3. The van der Waals surface area contributed by atoms with E-state index in [1.54, 1.807) is 0 Å². The van der Waals surface area contributed by atoms with Crippen LogP contribution in [-0.2, 0) is 0 Å². The zero-order valence-corrected chi connectivity index (χ0v) is 10.6. The molecule has 0 saturated heterocycles. The van der Waals surface area contributed by atoms with E-state index in [0.29, 0.717) is 12.2 Å². The molecule has 3 heteroatoms. The molecule has 1 aliphatic heterocycles. The molecule has 3 nitrogen and oxygen atoms in total. The van der Waals surface area contributed by atoms with Crippen molar-refractivity contribution in [2.24, 2.45) is 5.10 Å². The van der Waals surface area contributed by atoms with Crippen molar-refractivity contribution in [3.63, 3.8) is 0 Å². The fourth-order valence-electron chi connectivity index (χ4n) is 1.98. The highest BCUT2D eigenvalue weighted by Crippen LogP contribution is 2.15. The van der Waals surface area contributed by atoms with Gasteiger partial charge in [0.25, 0.3) is 0 Å². The lowest BCUT2D eigenvalue weighted by Gasteiger charge is -2.30. The van der Waals surface area contributed by atoms with E-state index in [1.807, 2.05) is 6.34 Å². The summed E-state index contributed by atoms with van der Waals surface area (Å²) < 4.78 is 0. The van der Waals surface area contributed by atoms with Crippen LogP contribution in [0.4, 0.5) is 0 Å². The Bertz CT molecular complexity index is 201. The molecule has 0 saturated carbocycles. The van der Waals surface area contributed by atoms with E-state index in [9.17, 15) is 0 Å². The summed E-state index contributed by atoms with van der Waals surface area (Å²) in [6.07, 6.45) is 7.66. The van der Waals surface area contributed by atoms with Crippen molar-refractivity contribution in [1.82, 2.24) is 9.91 Å². The van der Waals surface area contributed by atoms with Gasteiger partial charge < -0.3 is 4.90 Å². The molecule has 1 rings (SSSR count). The molecule has 0 fully saturated rings. The second-order valence-electron chi connectivity index (χ2n) is 4.63. The van der Waals surface area contributed by atoms with Gasteiger partial charge in [-0.05, 0) is 27.2 Å². The first-order chi connectivity index (χ1) is 7.16. The van der Waals surface area contributed by atoms with Crippen LogP contribution in [0.15, 0.2) is 5.10 Å². The molecule has 0 aromatic heterocycles. The molecule has 0 aliphatic carbocycles. The fourth-order valence-corrected chi connectivity index (χ4v) is 1.98. The van der Waals surface area contributed by atoms with Crippen molar-refractivity contribution in [3.05, 3.63) is 0 Å². The predicted octanol–water partition coefficient (Wildman–Crippen LogP) is 2.88. The van der Waals surface area contributed by atoms with Gasteiger partial charge in [-0.1, -0.05) is 26.2 Å². The highest BCUT2D eigenvalue weighted by Gasteiger charge is 2.24. The van der Waals surface area contributed by atoms with Gasteiger partial charge in [-0.3, -0.25) is 5.01 Å². The molecule has 88 valence electrons. The van der Waals surface area contributed by atoms with Crippen molar-refractivity contribution in [2.45, 2.75) is 65.6 Å². The molecule has 0 aromatic carbocycles. The van der Waals surface area contributed by atoms with E-state index in [-0.39, 0.29) is 0 Å². The molecule has 0 bridgehead atoms. The first-order valence-electron chi connectivity index (χ1n) is 6.25. The molecule has 1 unspecified atom stereocenters. The Morgan fingerprint density at radius 1 is 1.27 bits per heavy atom. The Labute approximate surface area is 94.1 Å². The number of hydrazone groups is 1. The number of hydrogen-bond donors (Lipinski definition) is 0. The van der Waals surface area contributed by atoms with Crippen LogP contribution in [0.1, 0.15) is 53.4 Å². The summed E-state index contributed by atoms with van der Waals surface area (Å²) in [5, 5.41) is 6.66. The molecule has 0 N–H and O–H groups in total. The largest absolute Gasteiger partial charge is 0.337 e. The van der Waals surface area contributed by atoms with Crippen LogP contribution in [0.5, 0.6) is 0 Å². The SMILES string of the molecule is CCCCCCN1N=CN(C(C)C)C1C. The third-order valence-electron chi connectivity index (χ3n) is 3.03. The lowest BCUT2D eigenvalue weighted by molar-refractivity contribution is 0.126. The summed E-state index contributed by atoms with van der Waals surface area (Å²) in [4.78, 5) is 2.31. The summed E-state index contributed by atoms with van der Waals surface area (Å²) in [6.45, 7) is 10.00. The summed E-state index contributed by atoms with van der Waals surface area (Å²) in [5.74, 6) is 0. The van der Waals surface area contributed by atoms with Crippen LogP contribution in [0.25, 0.3) is 0 Å². The lowest BCUT2D eigenvalue weighted by atomic mass is 10.2. The van der Waals surface area contributed by atoms with Gasteiger partial charge in [-0.2, -0.15) is 5.10 Å². The number of unbranched alkanes of at least 4 members (excludes halogenated alkanes) is 3. The number of nitrogens with zero attached hydrogens (tertiary/aromatic N) is 3. The van der Waals surface area contributed by atoms with Gasteiger partial charge in [0.15, 0.2) is 0 Å². The minimum atomic E-state index is 0.437. The molecule has 1 aliphatic rings. The molecule has 1 atom stereocenters. The van der Waals surface area contributed by atoms with Crippen molar-refractivity contribution >= 4 is 6.34 Å². The Morgan fingerprint density at radius 2 is 2.00 bits per heavy atom. The molecule has 1 heterocycles. The standard InChI is InChI=1S/C12H25N3/c1-5-6-7-8-9-15-12(4)14(10-13-15)11(2)3/h10-12H,5-9H2,1-4H3. The summed E-state index contributed by atoms with van der Waals surface area (Å²) in [7, 11) is 0. The summed E-state index contributed by atoms with van der Waals surface area (Å²) >= 11 is 0. The van der Waals surface area contributed by atoms with E-state index < -0.39 is 0 Å². The maximum absolute atomic E-state index is 4.45. The van der Waals surface area contributed by atoms with Gasteiger partial charge in [-0.15, -0.1) is 0 Å². The molecule has 15 heavy (non-hydrogen) atoms. The van der Waals surface area contributed by atoms with E-state index in [4.69, 9.17) is 0 Å². The maximum atomic E-state index is 4.45. The van der Waals surface area contributed by atoms with Gasteiger partial charge in [0.2, 0.25) is 0 Å². The Kier molecular flexibility index (Phi) is 4.92. The summed E-state index contributed by atoms with van der Waals surface area (Å²) in [6, 6.07) is 0.546. The zero-order chi connectivity index (χ0) is 11.3. The van der Waals surface area contributed by atoms with Crippen LogP contribution in [0, 0.1) is 0 Å². The predicted molar refractivity (Wildman–Crippen MR) is 65.8 cm³/mol. The molecule has 0 amide bonds. The average Bonchev–Trinajstić information content (AvgIpc) is 2.55. The second-order valence-corrected chi connectivity index (χ2v) is 4.63. The number of rotatable bonds is 6. The normalized spacial score (nSPS) is 20.7. The smallest absolute Gasteiger partial charge is 0.116 e. The van der Waals surface area contributed by atoms with Crippen LogP contribution in [0.3, 0.4) is 0 Å². The van der Waals surface area contributed by atoms with Gasteiger partial charge in [0.1, 0.15) is 12.5 Å². The molecule has 0 radical (unpaired) electrons. The third-order valence-corrected chi connectivity index (χ3v) is 3.03. The first kappa shape index (κ1) is 12.3. The summed E-state index contributed by atoms with van der Waals surface area (Å²) in [5.41, 5.74) is 0. The lowest BCUT2D eigenvalue weighted by Crippen LogP contribution is -2.41. The van der Waals surface area contributed by atoms with Crippen molar-refractivity contribution in [2.75, 3.05) is 6.54 Å². The van der Waals surface area contributed by atoms with Gasteiger partial charge in [0, 0.05) is 12.6 Å². The highest BCUT2D eigenvalue weighted by atomic mass is 15.6. The zero-order valence-electron chi connectivity index (χ0n) is 10.6. The van der Waals surface area contributed by atoms with Gasteiger partial charge in [0.05, 0.1) is 0 Å². The topological polar surface area (TPSA) is 18.8 Å². The quantitative estimate of drug-likeness (QED) is 0.629. The van der Waals surface area contributed by atoms with Crippen molar-refractivity contribution in [1.29, 1.82) is 0 Å². The minimum Gasteiger partial charge on any atom is -0.337 e. The van der Waals surface area contributed by atoms with Crippen molar-refractivity contribution in [3.8, 4) is 0 Å². The average molecular weight is 211 g/mol. The Morgan fingerprint density at radius 3 is 2.53 bits per heavy atom. The molecular weight excluding hydrogens is 186 g/mol. The van der Waals surface area contributed by atoms with Crippen LogP contribution in [0.2, 0.25) is 0 Å². The van der Waals surface area contributed by atoms with Gasteiger partial charge >= 0.3 is 0 Å². The Balaban J connectivity index is 2.25. The fraction of sp³-hybridized carbons (Fsp3) is 0.917. The first-order valence-corrected chi connectivity index (χ1v) is 6.25. The third kappa shape index (κ3) is 3.40. The van der Waals surface area contributed by atoms with Gasteiger partial charge in [-0.25, -0.2) is 0 Å². The van der Waals surface area contributed by atoms with Crippen LogP contribution >= 0.6 is 0 Å². The van der Waals surface area contributed by atoms with Crippen LogP contribution < -0.4 is 0 Å². The van der Waals surface area contributed by atoms with E-state index in [2.05, 4.69) is 42.7 Å². The monoisotopic (exact) mass is 211 g/mol. The van der Waals surface area contributed by atoms with Crippen molar-refractivity contribution < 1.29 is 0 Å². The van der Waals surface area contributed by atoms with E-state index in [0.717, 1.165) is 6.54 Å². The minimum absolute atomic E-state index is 0.437. The van der Waals surface area contributed by atoms with E-state index >= 15 is 0 Å². The number of hydrogen-bond acceptors (Lipinski definition) is 3. The molecule has 0 spiro atoms. The van der Waals surface area contributed by atoms with Crippen LogP contribution in [-0.4, -0.2) is 35.0 Å². The second kappa shape index (κ2) is 5.99. The Hall–Kier alpha value is -0.730.